The lowest BCUT2D eigenvalue weighted by Gasteiger charge is -2.21. The van der Waals surface area contributed by atoms with Gasteiger partial charge in [-0.1, -0.05) is 37.1 Å². The molecule has 4 aromatic rings. The highest BCUT2D eigenvalue weighted by molar-refractivity contribution is 7.92. The quantitative estimate of drug-likeness (QED) is 0.253. The minimum Gasteiger partial charge on any atom is -0.497 e. The number of ether oxygens (including phenoxy) is 2. The van der Waals surface area contributed by atoms with Gasteiger partial charge >= 0.3 is 0 Å². The van der Waals surface area contributed by atoms with Crippen LogP contribution in [-0.2, 0) is 21.2 Å². The lowest BCUT2D eigenvalue weighted by molar-refractivity contribution is -0.123. The average Bonchev–Trinajstić information content (AvgIpc) is 3.41. The minimum absolute atomic E-state index is 0.000693. The summed E-state index contributed by atoms with van der Waals surface area (Å²) < 4.78 is 40.4. The molecule has 11 heteroatoms. The molecule has 0 aliphatic heterocycles. The largest absolute Gasteiger partial charge is 0.497 e. The van der Waals surface area contributed by atoms with Crippen LogP contribution in [0.2, 0.25) is 0 Å². The molecule has 0 spiro atoms. The number of nitrogens with one attached hydrogen (secondary N) is 2. The predicted octanol–water partition coefficient (Wildman–Crippen LogP) is 4.57. The summed E-state index contributed by atoms with van der Waals surface area (Å²) in [5.41, 5.74) is 7.71. The fourth-order valence-electron chi connectivity index (χ4n) is 4.83. The normalized spacial score (nSPS) is 14.6. The molecule has 0 amide bonds. The zero-order valence-electron chi connectivity index (χ0n) is 22.3. The second-order valence-electron chi connectivity index (χ2n) is 9.85. The van der Waals surface area contributed by atoms with Gasteiger partial charge in [-0.2, -0.15) is 0 Å². The number of anilines is 3. The highest BCUT2D eigenvalue weighted by atomic mass is 32.2. The molecule has 0 atom stereocenters. The zero-order valence-corrected chi connectivity index (χ0v) is 23.1. The van der Waals surface area contributed by atoms with Crippen LogP contribution >= 0.6 is 0 Å². The molecule has 1 aliphatic carbocycles. The van der Waals surface area contributed by atoms with Gasteiger partial charge in [-0.25, -0.2) is 18.4 Å². The van der Waals surface area contributed by atoms with Gasteiger partial charge in [0.1, 0.15) is 11.5 Å². The number of sulfonamides is 1. The maximum Gasteiger partial charge on any atom is 0.263 e. The van der Waals surface area contributed by atoms with Gasteiger partial charge in [0, 0.05) is 30.3 Å². The van der Waals surface area contributed by atoms with E-state index < -0.39 is 15.6 Å². The Morgan fingerprint density at radius 2 is 1.52 bits per heavy atom. The van der Waals surface area contributed by atoms with Gasteiger partial charge in [0.2, 0.25) is 0 Å². The third-order valence-electron chi connectivity index (χ3n) is 7.04. The maximum atomic E-state index is 13.5. The Morgan fingerprint density at radius 1 is 0.900 bits per heavy atom. The van der Waals surface area contributed by atoms with Crippen LogP contribution in [0.4, 0.5) is 17.3 Å². The number of hydrogen-bond donors (Lipinski definition) is 3. The summed E-state index contributed by atoms with van der Waals surface area (Å²) in [6.45, 7) is 0. The van der Waals surface area contributed by atoms with Gasteiger partial charge in [0.15, 0.2) is 17.4 Å². The molecule has 40 heavy (non-hydrogen) atoms. The van der Waals surface area contributed by atoms with E-state index in [1.165, 1.54) is 26.4 Å². The number of Topliss-reactive ketones (excluding diaryl/α,β-unsaturated/α-hetero) is 1. The molecule has 4 N–H and O–H groups in total. The van der Waals surface area contributed by atoms with E-state index in [1.807, 2.05) is 6.07 Å². The van der Waals surface area contributed by atoms with E-state index in [4.69, 9.17) is 15.2 Å². The van der Waals surface area contributed by atoms with Crippen molar-refractivity contribution in [2.45, 2.75) is 42.5 Å². The van der Waals surface area contributed by atoms with E-state index in [-0.39, 0.29) is 28.7 Å². The molecule has 1 aromatic heterocycles. The van der Waals surface area contributed by atoms with Crippen molar-refractivity contribution in [1.29, 1.82) is 0 Å². The van der Waals surface area contributed by atoms with Crippen LogP contribution in [0.25, 0.3) is 11.0 Å². The number of methoxy groups -OCH3 is 2. The van der Waals surface area contributed by atoms with E-state index in [9.17, 15) is 13.2 Å². The van der Waals surface area contributed by atoms with Gasteiger partial charge in [-0.05, 0) is 42.7 Å². The van der Waals surface area contributed by atoms with Crippen LogP contribution in [0, 0.1) is 0 Å². The van der Waals surface area contributed by atoms with Crippen molar-refractivity contribution in [2.24, 2.45) is 5.73 Å². The molecule has 1 aliphatic rings. The fraction of sp³-hybridized carbons (Fsp3) is 0.276. The van der Waals surface area contributed by atoms with Crippen molar-refractivity contribution in [3.8, 4) is 11.5 Å². The third kappa shape index (κ3) is 5.85. The number of ketones is 1. The molecule has 208 valence electrons. The van der Waals surface area contributed by atoms with Crippen molar-refractivity contribution in [2.75, 3.05) is 24.3 Å². The Morgan fingerprint density at radius 3 is 2.15 bits per heavy atom. The van der Waals surface area contributed by atoms with Crippen LogP contribution < -0.4 is 25.2 Å². The number of benzene rings is 3. The van der Waals surface area contributed by atoms with E-state index in [0.717, 1.165) is 12.8 Å². The molecule has 3 aromatic carbocycles. The molecule has 1 fully saturated rings. The van der Waals surface area contributed by atoms with Crippen molar-refractivity contribution in [1.82, 2.24) is 9.97 Å². The zero-order chi connectivity index (χ0) is 28.3. The number of nitrogens with two attached hydrogens (primary N) is 1. The van der Waals surface area contributed by atoms with Crippen LogP contribution in [0.1, 0.15) is 31.2 Å². The molecule has 1 heterocycles. The topological polar surface area (TPSA) is 146 Å². The summed E-state index contributed by atoms with van der Waals surface area (Å²) in [6, 6.07) is 18.6. The van der Waals surface area contributed by atoms with Crippen molar-refractivity contribution in [3.05, 3.63) is 72.3 Å². The maximum absolute atomic E-state index is 13.5. The summed E-state index contributed by atoms with van der Waals surface area (Å²) in [4.78, 5) is 22.1. The summed E-state index contributed by atoms with van der Waals surface area (Å²) in [5, 5.41) is 3.14. The molecule has 5 rings (SSSR count). The van der Waals surface area contributed by atoms with Crippen LogP contribution in [0.5, 0.6) is 11.5 Å². The van der Waals surface area contributed by atoms with Crippen molar-refractivity contribution < 1.29 is 22.7 Å². The average molecular weight is 562 g/mol. The highest BCUT2D eigenvalue weighted by Crippen LogP contribution is 2.32. The molecule has 0 saturated heterocycles. The number of hydrogen-bond acceptors (Lipinski definition) is 9. The van der Waals surface area contributed by atoms with E-state index in [1.54, 1.807) is 48.5 Å². The smallest absolute Gasteiger partial charge is 0.263 e. The summed E-state index contributed by atoms with van der Waals surface area (Å²) in [5.74, 6) is 1.21. The first-order valence-electron chi connectivity index (χ1n) is 12.9. The van der Waals surface area contributed by atoms with Crippen molar-refractivity contribution in [3.63, 3.8) is 0 Å². The third-order valence-corrected chi connectivity index (χ3v) is 8.38. The molecule has 0 bridgehead atoms. The summed E-state index contributed by atoms with van der Waals surface area (Å²) in [7, 11) is -1.02. The first kappa shape index (κ1) is 27.4. The molecular weight excluding hydrogens is 530 g/mol. The number of para-hydroxylation sites is 2. The second kappa shape index (κ2) is 11.1. The Labute approximate surface area is 233 Å². The number of carbonyl (C=O) groups is 1. The van der Waals surface area contributed by atoms with Gasteiger partial charge in [-0.15, -0.1) is 0 Å². The van der Waals surface area contributed by atoms with E-state index in [2.05, 4.69) is 20.0 Å². The standard InChI is InChI=1S/C29H31N5O5S/c1-38-21-16-20(17-22(18-21)39-2)31-27-28(33-25-11-4-3-10-24(25)32-27)34-40(36,37)23-9-7-8-19(14-23)15-26(35)29(30)12-5-6-13-29/h3-4,7-11,14,16-18H,5-6,12-13,15,30H2,1-2H3,(H,31,32)(H,33,34). The number of fused-ring (bicyclic) bond motifs is 1. The molecule has 1 saturated carbocycles. The molecule has 10 nitrogen and oxygen atoms in total. The Kier molecular flexibility index (Phi) is 7.59. The first-order chi connectivity index (χ1) is 19.2. The number of aromatic nitrogens is 2. The summed E-state index contributed by atoms with van der Waals surface area (Å²) in [6.07, 6.45) is 3.22. The van der Waals surface area contributed by atoms with Gasteiger partial charge in [0.05, 0.1) is 35.7 Å². The first-order valence-corrected chi connectivity index (χ1v) is 14.4. The van der Waals surface area contributed by atoms with Gasteiger partial charge in [-0.3, -0.25) is 9.52 Å². The Balaban J connectivity index is 1.47. The SMILES string of the molecule is COc1cc(Nc2nc3ccccc3nc2NS(=O)(=O)c2cccc(CC(=O)C3(N)CCCC3)c2)cc(OC)c1. The summed E-state index contributed by atoms with van der Waals surface area (Å²) >= 11 is 0. The molecule has 0 radical (unpaired) electrons. The Bertz CT molecular complexity index is 1650. The van der Waals surface area contributed by atoms with Crippen molar-refractivity contribution >= 4 is 44.2 Å². The highest BCUT2D eigenvalue weighted by Gasteiger charge is 2.36. The van der Waals surface area contributed by atoms with E-state index in [0.29, 0.717) is 46.6 Å². The van der Waals surface area contributed by atoms with Crippen LogP contribution in [0.3, 0.4) is 0 Å². The predicted molar refractivity (Wildman–Crippen MR) is 154 cm³/mol. The van der Waals surface area contributed by atoms with Gasteiger partial charge in [0.25, 0.3) is 10.0 Å². The van der Waals surface area contributed by atoms with E-state index >= 15 is 0 Å². The molecular formula is C29H31N5O5S. The Hall–Kier alpha value is -4.22. The van der Waals surface area contributed by atoms with Gasteiger partial charge < -0.3 is 20.5 Å². The lowest BCUT2D eigenvalue weighted by Crippen LogP contribution is -2.46. The number of nitrogens with zero attached hydrogens (tertiary/aromatic N) is 2. The minimum atomic E-state index is -4.10. The van der Waals surface area contributed by atoms with Crippen LogP contribution in [-0.4, -0.2) is 43.9 Å². The number of carbonyl (C=O) groups excluding carboxylic acids is 1. The monoisotopic (exact) mass is 561 g/mol. The fourth-order valence-corrected chi connectivity index (χ4v) is 5.91. The molecule has 0 unspecified atom stereocenters. The number of rotatable bonds is 10. The second-order valence-corrected chi connectivity index (χ2v) is 11.5. The van der Waals surface area contributed by atoms with Crippen LogP contribution in [0.15, 0.2) is 71.6 Å². The lowest BCUT2D eigenvalue weighted by atomic mass is 9.89.